The monoisotopic (exact) mass is 271 g/mol. The Morgan fingerprint density at radius 1 is 1.67 bits per heavy atom. The number of nitro groups is 1. The van der Waals surface area contributed by atoms with Gasteiger partial charge in [0.2, 0.25) is 0 Å². The van der Waals surface area contributed by atoms with Gasteiger partial charge in [-0.05, 0) is 19.4 Å². The Kier molecular flexibility index (Phi) is 4.33. The normalized spacial score (nSPS) is 19.5. The predicted molar refractivity (Wildman–Crippen MR) is 67.0 cm³/mol. The van der Waals surface area contributed by atoms with E-state index in [0.29, 0.717) is 12.5 Å². The average molecular weight is 272 g/mol. The highest BCUT2D eigenvalue weighted by Crippen LogP contribution is 2.27. The van der Waals surface area contributed by atoms with Crippen molar-refractivity contribution in [3.05, 3.63) is 27.4 Å². The molecule has 1 atom stereocenters. The Balaban J connectivity index is 2.01. The fraction of sp³-hybridized carbons (Fsp3) is 0.545. The first-order valence-electron chi connectivity index (χ1n) is 5.80. The molecule has 0 aromatic carbocycles. The fourth-order valence-electron chi connectivity index (χ4n) is 1.92. The van der Waals surface area contributed by atoms with E-state index in [4.69, 9.17) is 16.3 Å². The van der Waals surface area contributed by atoms with Crippen LogP contribution in [0.3, 0.4) is 0 Å². The molecule has 6 nitrogen and oxygen atoms in total. The second-order valence-corrected chi connectivity index (χ2v) is 4.69. The van der Waals surface area contributed by atoms with Gasteiger partial charge in [-0.1, -0.05) is 11.6 Å². The third kappa shape index (κ3) is 3.30. The van der Waals surface area contributed by atoms with Gasteiger partial charge in [0.25, 0.3) is 5.88 Å². The second-order valence-electron chi connectivity index (χ2n) is 4.26. The van der Waals surface area contributed by atoms with Gasteiger partial charge in [0.1, 0.15) is 0 Å². The van der Waals surface area contributed by atoms with E-state index in [1.165, 1.54) is 12.3 Å². The minimum Gasteiger partial charge on any atom is -0.472 e. The number of rotatable bonds is 4. The first kappa shape index (κ1) is 13.0. The lowest BCUT2D eigenvalue weighted by molar-refractivity contribution is -0.386. The summed E-state index contributed by atoms with van der Waals surface area (Å²) in [7, 11) is 0. The molecule has 2 heterocycles. The second kappa shape index (κ2) is 5.97. The standard InChI is InChI=1S/C11H14ClN3O3/c12-9-4-10(15(16)17)11(14-6-9)18-7-8-2-1-3-13-5-8/h4,6,8,13H,1-3,5,7H2. The molecule has 0 bridgehead atoms. The van der Waals surface area contributed by atoms with Crippen molar-refractivity contribution in [2.75, 3.05) is 19.7 Å². The number of hydrogen-bond donors (Lipinski definition) is 1. The van der Waals surface area contributed by atoms with Gasteiger partial charge in [-0.3, -0.25) is 10.1 Å². The summed E-state index contributed by atoms with van der Waals surface area (Å²) >= 11 is 5.68. The zero-order chi connectivity index (χ0) is 13.0. The van der Waals surface area contributed by atoms with Crippen molar-refractivity contribution in [3.63, 3.8) is 0 Å². The van der Waals surface area contributed by atoms with Crippen LogP contribution in [0.25, 0.3) is 0 Å². The first-order valence-corrected chi connectivity index (χ1v) is 6.18. The molecule has 0 amide bonds. The van der Waals surface area contributed by atoms with E-state index in [1.807, 2.05) is 0 Å². The summed E-state index contributed by atoms with van der Waals surface area (Å²) in [5.74, 6) is 0.408. The van der Waals surface area contributed by atoms with Crippen molar-refractivity contribution in [1.82, 2.24) is 10.3 Å². The molecule has 0 saturated carbocycles. The molecule has 1 saturated heterocycles. The topological polar surface area (TPSA) is 77.3 Å². The third-order valence-electron chi connectivity index (χ3n) is 2.85. The predicted octanol–water partition coefficient (Wildman–Crippen LogP) is 2.02. The van der Waals surface area contributed by atoms with Gasteiger partial charge in [0.05, 0.1) is 22.7 Å². The Bertz CT molecular complexity index is 436. The van der Waals surface area contributed by atoms with Crippen molar-refractivity contribution >= 4 is 17.3 Å². The van der Waals surface area contributed by atoms with Gasteiger partial charge in [0.15, 0.2) is 0 Å². The minimum atomic E-state index is -0.534. The van der Waals surface area contributed by atoms with Crippen LogP contribution in [0.5, 0.6) is 5.88 Å². The molecule has 0 spiro atoms. The van der Waals surface area contributed by atoms with E-state index in [0.717, 1.165) is 25.9 Å². The zero-order valence-electron chi connectivity index (χ0n) is 9.76. The molecule has 7 heteroatoms. The van der Waals surface area contributed by atoms with Crippen LogP contribution in [-0.4, -0.2) is 29.6 Å². The summed E-state index contributed by atoms with van der Waals surface area (Å²) in [6, 6.07) is 1.25. The van der Waals surface area contributed by atoms with E-state index in [2.05, 4.69) is 10.3 Å². The quantitative estimate of drug-likeness (QED) is 0.670. The maximum absolute atomic E-state index is 10.8. The number of pyridine rings is 1. The molecule has 1 aromatic rings. The Morgan fingerprint density at radius 2 is 2.50 bits per heavy atom. The van der Waals surface area contributed by atoms with Gasteiger partial charge >= 0.3 is 5.69 Å². The highest BCUT2D eigenvalue weighted by Gasteiger charge is 2.20. The lowest BCUT2D eigenvalue weighted by Crippen LogP contribution is -2.33. The summed E-state index contributed by atoms with van der Waals surface area (Å²) in [5, 5.41) is 14.3. The summed E-state index contributed by atoms with van der Waals surface area (Å²) in [5.41, 5.74) is -0.189. The number of piperidine rings is 1. The van der Waals surface area contributed by atoms with Crippen LogP contribution in [-0.2, 0) is 0 Å². The van der Waals surface area contributed by atoms with Gasteiger partial charge in [-0.15, -0.1) is 0 Å². The van der Waals surface area contributed by atoms with E-state index >= 15 is 0 Å². The molecule has 0 radical (unpaired) electrons. The van der Waals surface area contributed by atoms with Gasteiger partial charge in [0, 0.05) is 18.5 Å². The summed E-state index contributed by atoms with van der Waals surface area (Å²) in [4.78, 5) is 14.2. The molecular weight excluding hydrogens is 258 g/mol. The number of ether oxygens (including phenoxy) is 1. The molecule has 1 fully saturated rings. The molecule has 2 rings (SSSR count). The first-order chi connectivity index (χ1) is 8.66. The minimum absolute atomic E-state index is 0.0370. The fourth-order valence-corrected chi connectivity index (χ4v) is 2.07. The molecule has 1 aromatic heterocycles. The van der Waals surface area contributed by atoms with Crippen LogP contribution in [0.4, 0.5) is 5.69 Å². The maximum Gasteiger partial charge on any atom is 0.332 e. The molecule has 1 unspecified atom stereocenters. The number of aromatic nitrogens is 1. The number of hydrogen-bond acceptors (Lipinski definition) is 5. The number of halogens is 1. The molecule has 1 aliphatic heterocycles. The van der Waals surface area contributed by atoms with Crippen LogP contribution in [0.1, 0.15) is 12.8 Å². The highest BCUT2D eigenvalue weighted by atomic mass is 35.5. The number of nitrogens with one attached hydrogen (secondary N) is 1. The van der Waals surface area contributed by atoms with Crippen molar-refractivity contribution in [3.8, 4) is 5.88 Å². The lowest BCUT2D eigenvalue weighted by Gasteiger charge is -2.22. The molecule has 98 valence electrons. The van der Waals surface area contributed by atoms with E-state index < -0.39 is 4.92 Å². The molecule has 1 N–H and O–H groups in total. The molecule has 18 heavy (non-hydrogen) atoms. The van der Waals surface area contributed by atoms with Crippen molar-refractivity contribution in [1.29, 1.82) is 0 Å². The molecule has 1 aliphatic rings. The van der Waals surface area contributed by atoms with Gasteiger partial charge in [-0.25, -0.2) is 4.98 Å². The summed E-state index contributed by atoms with van der Waals surface area (Å²) in [6.45, 7) is 2.33. The Labute approximate surface area is 109 Å². The molecule has 0 aliphatic carbocycles. The van der Waals surface area contributed by atoms with E-state index in [-0.39, 0.29) is 16.6 Å². The van der Waals surface area contributed by atoms with Crippen LogP contribution in [0.15, 0.2) is 12.3 Å². The highest BCUT2D eigenvalue weighted by molar-refractivity contribution is 6.30. The Morgan fingerprint density at radius 3 is 3.17 bits per heavy atom. The Hall–Kier alpha value is -1.40. The third-order valence-corrected chi connectivity index (χ3v) is 3.06. The van der Waals surface area contributed by atoms with Crippen molar-refractivity contribution in [2.24, 2.45) is 5.92 Å². The van der Waals surface area contributed by atoms with Crippen LogP contribution in [0, 0.1) is 16.0 Å². The van der Waals surface area contributed by atoms with Crippen molar-refractivity contribution < 1.29 is 9.66 Å². The van der Waals surface area contributed by atoms with E-state index in [9.17, 15) is 10.1 Å². The molecular formula is C11H14ClN3O3. The zero-order valence-corrected chi connectivity index (χ0v) is 10.5. The SMILES string of the molecule is O=[N+]([O-])c1cc(Cl)cnc1OCC1CCCNC1. The van der Waals surface area contributed by atoms with Crippen LogP contribution in [0.2, 0.25) is 5.02 Å². The summed E-state index contributed by atoms with van der Waals surface area (Å²) in [6.07, 6.45) is 3.52. The lowest BCUT2D eigenvalue weighted by atomic mass is 10.0. The largest absolute Gasteiger partial charge is 0.472 e. The summed E-state index contributed by atoms with van der Waals surface area (Å²) < 4.78 is 5.44. The average Bonchev–Trinajstić information content (AvgIpc) is 2.38. The van der Waals surface area contributed by atoms with Crippen LogP contribution >= 0.6 is 11.6 Å². The number of nitrogens with zero attached hydrogens (tertiary/aromatic N) is 2. The maximum atomic E-state index is 10.8. The smallest absolute Gasteiger partial charge is 0.332 e. The van der Waals surface area contributed by atoms with Crippen LogP contribution < -0.4 is 10.1 Å². The van der Waals surface area contributed by atoms with Crippen molar-refractivity contribution in [2.45, 2.75) is 12.8 Å². The van der Waals surface area contributed by atoms with E-state index in [1.54, 1.807) is 0 Å². The van der Waals surface area contributed by atoms with Gasteiger partial charge in [-0.2, -0.15) is 0 Å². The van der Waals surface area contributed by atoms with Gasteiger partial charge < -0.3 is 10.1 Å².